The Hall–Kier alpha value is -1.13. The molecule has 1 aliphatic heterocycles. The highest BCUT2D eigenvalue weighted by molar-refractivity contribution is 7.80. The second kappa shape index (κ2) is 5.47. The number of nitrogens with zero attached hydrogens (tertiary/aromatic N) is 1. The molecular weight excluding hydrogens is 232 g/mol. The van der Waals surface area contributed by atoms with Gasteiger partial charge in [-0.25, -0.2) is 0 Å². The van der Waals surface area contributed by atoms with Crippen LogP contribution in [0.3, 0.4) is 0 Å². The summed E-state index contributed by atoms with van der Waals surface area (Å²) in [6.45, 7) is 1.63. The van der Waals surface area contributed by atoms with Gasteiger partial charge in [0.1, 0.15) is 6.61 Å². The molecule has 92 valence electrons. The van der Waals surface area contributed by atoms with E-state index in [-0.39, 0.29) is 0 Å². The molecule has 4 heteroatoms. The number of ether oxygens (including phenoxy) is 1. The minimum Gasteiger partial charge on any atom is -0.469 e. The molecule has 0 amide bonds. The summed E-state index contributed by atoms with van der Waals surface area (Å²) in [5.74, 6) is 0. The number of benzene rings is 1. The molecule has 1 aromatic rings. The Labute approximate surface area is 108 Å². The number of likely N-dealkylation sites (N-methyl/N-ethyl adjacent to an activating group) is 1. The largest absolute Gasteiger partial charge is 0.469 e. The standard InChI is InChI=1S/C13H18N2OS/c1-14-13(17)16-9-12-7-10-5-3-4-6-11(10)8-15(12)2/h3-6,12H,7-9H2,1-2H3,(H,14,17). The lowest BCUT2D eigenvalue weighted by molar-refractivity contribution is 0.137. The Morgan fingerprint density at radius 1 is 1.47 bits per heavy atom. The van der Waals surface area contributed by atoms with Crippen LogP contribution < -0.4 is 5.32 Å². The molecule has 17 heavy (non-hydrogen) atoms. The summed E-state index contributed by atoms with van der Waals surface area (Å²) in [7, 11) is 3.91. The first-order valence-corrected chi connectivity index (χ1v) is 6.23. The van der Waals surface area contributed by atoms with Crippen molar-refractivity contribution >= 4 is 17.4 Å². The summed E-state index contributed by atoms with van der Waals surface area (Å²) in [5, 5.41) is 3.30. The predicted molar refractivity (Wildman–Crippen MR) is 73.0 cm³/mol. The molecule has 1 aliphatic rings. The smallest absolute Gasteiger partial charge is 0.256 e. The number of fused-ring (bicyclic) bond motifs is 1. The molecule has 1 atom stereocenters. The number of thiocarbonyl (C=S) groups is 1. The number of nitrogens with one attached hydrogen (secondary N) is 1. The Morgan fingerprint density at radius 2 is 2.18 bits per heavy atom. The van der Waals surface area contributed by atoms with E-state index in [0.29, 0.717) is 17.8 Å². The van der Waals surface area contributed by atoms with Gasteiger partial charge < -0.3 is 10.1 Å². The van der Waals surface area contributed by atoms with Gasteiger partial charge in [-0.2, -0.15) is 0 Å². The summed E-state index contributed by atoms with van der Waals surface area (Å²) in [5.41, 5.74) is 2.84. The van der Waals surface area contributed by atoms with E-state index in [1.807, 2.05) is 0 Å². The molecule has 1 heterocycles. The van der Waals surface area contributed by atoms with Crippen molar-refractivity contribution in [2.75, 3.05) is 20.7 Å². The first-order chi connectivity index (χ1) is 8.20. The first kappa shape index (κ1) is 12.3. The van der Waals surface area contributed by atoms with E-state index < -0.39 is 0 Å². The van der Waals surface area contributed by atoms with Crippen LogP contribution in [0.1, 0.15) is 11.1 Å². The van der Waals surface area contributed by atoms with E-state index in [0.717, 1.165) is 13.0 Å². The molecule has 1 unspecified atom stereocenters. The summed E-state index contributed by atoms with van der Waals surface area (Å²) in [6, 6.07) is 8.99. The van der Waals surface area contributed by atoms with Crippen molar-refractivity contribution in [1.29, 1.82) is 0 Å². The average Bonchev–Trinajstić information content (AvgIpc) is 2.35. The Morgan fingerprint density at radius 3 is 2.88 bits per heavy atom. The second-order valence-electron chi connectivity index (χ2n) is 4.39. The highest BCUT2D eigenvalue weighted by atomic mass is 32.1. The van der Waals surface area contributed by atoms with Crippen LogP contribution in [0.2, 0.25) is 0 Å². The SMILES string of the molecule is CNC(=S)OCC1Cc2ccccc2CN1C. The maximum absolute atomic E-state index is 5.49. The van der Waals surface area contributed by atoms with Crippen molar-refractivity contribution < 1.29 is 4.74 Å². The second-order valence-corrected chi connectivity index (χ2v) is 4.76. The van der Waals surface area contributed by atoms with Gasteiger partial charge in [0.2, 0.25) is 0 Å². The van der Waals surface area contributed by atoms with Crippen LogP contribution in [0.4, 0.5) is 0 Å². The van der Waals surface area contributed by atoms with Gasteiger partial charge in [0, 0.05) is 19.6 Å². The van der Waals surface area contributed by atoms with Gasteiger partial charge >= 0.3 is 0 Å². The van der Waals surface area contributed by atoms with Gasteiger partial charge in [0.25, 0.3) is 5.17 Å². The summed E-state index contributed by atoms with van der Waals surface area (Å²) in [6.07, 6.45) is 1.03. The normalized spacial score (nSPS) is 19.5. The molecule has 0 aliphatic carbocycles. The zero-order chi connectivity index (χ0) is 12.3. The molecule has 0 radical (unpaired) electrons. The van der Waals surface area contributed by atoms with Gasteiger partial charge in [-0.05, 0) is 36.8 Å². The number of hydrogen-bond donors (Lipinski definition) is 1. The number of rotatable bonds is 2. The highest BCUT2D eigenvalue weighted by Gasteiger charge is 2.23. The molecule has 0 bridgehead atoms. The van der Waals surface area contributed by atoms with Gasteiger partial charge in [-0.3, -0.25) is 4.90 Å². The molecule has 0 saturated carbocycles. The third-order valence-corrected chi connectivity index (χ3v) is 3.55. The minimum atomic E-state index is 0.399. The van der Waals surface area contributed by atoms with Crippen LogP contribution in [0, 0.1) is 0 Å². The topological polar surface area (TPSA) is 24.5 Å². The van der Waals surface area contributed by atoms with Crippen LogP contribution >= 0.6 is 12.2 Å². The van der Waals surface area contributed by atoms with E-state index in [2.05, 4.69) is 41.5 Å². The lowest BCUT2D eigenvalue weighted by Gasteiger charge is -2.33. The Kier molecular flexibility index (Phi) is 3.97. The fraction of sp³-hybridized carbons (Fsp3) is 0.462. The van der Waals surface area contributed by atoms with E-state index in [1.54, 1.807) is 7.05 Å². The lowest BCUT2D eigenvalue weighted by atomic mass is 9.95. The molecule has 1 aromatic carbocycles. The maximum atomic E-state index is 5.49. The van der Waals surface area contributed by atoms with Crippen molar-refractivity contribution in [3.8, 4) is 0 Å². The van der Waals surface area contributed by atoms with Crippen LogP contribution in [-0.4, -0.2) is 36.8 Å². The quantitative estimate of drug-likeness (QED) is 0.805. The summed E-state index contributed by atoms with van der Waals surface area (Å²) < 4.78 is 5.49. The predicted octanol–water partition coefficient (Wildman–Crippen LogP) is 1.56. The summed E-state index contributed by atoms with van der Waals surface area (Å²) >= 11 is 4.99. The van der Waals surface area contributed by atoms with E-state index in [9.17, 15) is 0 Å². The minimum absolute atomic E-state index is 0.399. The molecular formula is C13H18N2OS. The van der Waals surface area contributed by atoms with Crippen molar-refractivity contribution in [2.24, 2.45) is 0 Å². The fourth-order valence-corrected chi connectivity index (χ4v) is 2.22. The molecule has 0 spiro atoms. The average molecular weight is 250 g/mol. The van der Waals surface area contributed by atoms with Crippen LogP contribution in [0.5, 0.6) is 0 Å². The molecule has 0 fully saturated rings. The van der Waals surface area contributed by atoms with E-state index >= 15 is 0 Å². The van der Waals surface area contributed by atoms with Gasteiger partial charge in [0.15, 0.2) is 0 Å². The fourth-order valence-electron chi connectivity index (χ4n) is 2.15. The molecule has 3 nitrogen and oxygen atoms in total. The van der Waals surface area contributed by atoms with Crippen molar-refractivity contribution in [2.45, 2.75) is 19.0 Å². The third kappa shape index (κ3) is 2.96. The van der Waals surface area contributed by atoms with Gasteiger partial charge in [-0.15, -0.1) is 0 Å². The van der Waals surface area contributed by atoms with E-state index in [1.165, 1.54) is 11.1 Å². The maximum Gasteiger partial charge on any atom is 0.256 e. The number of hydrogen-bond acceptors (Lipinski definition) is 3. The molecule has 0 saturated heterocycles. The zero-order valence-electron chi connectivity index (χ0n) is 10.3. The van der Waals surface area contributed by atoms with E-state index in [4.69, 9.17) is 17.0 Å². The van der Waals surface area contributed by atoms with Crippen LogP contribution in [0.25, 0.3) is 0 Å². The zero-order valence-corrected chi connectivity index (χ0v) is 11.1. The van der Waals surface area contributed by atoms with Crippen molar-refractivity contribution in [3.05, 3.63) is 35.4 Å². The van der Waals surface area contributed by atoms with Gasteiger partial charge in [-0.1, -0.05) is 24.3 Å². The van der Waals surface area contributed by atoms with Crippen LogP contribution in [0.15, 0.2) is 24.3 Å². The monoisotopic (exact) mass is 250 g/mol. The first-order valence-electron chi connectivity index (χ1n) is 5.82. The Balaban J connectivity index is 2.00. The lowest BCUT2D eigenvalue weighted by Crippen LogP contribution is -2.41. The van der Waals surface area contributed by atoms with Crippen molar-refractivity contribution in [1.82, 2.24) is 10.2 Å². The third-order valence-electron chi connectivity index (χ3n) is 3.23. The highest BCUT2D eigenvalue weighted by Crippen LogP contribution is 2.21. The summed E-state index contributed by atoms with van der Waals surface area (Å²) in [4.78, 5) is 2.32. The molecule has 2 rings (SSSR count). The van der Waals surface area contributed by atoms with Crippen molar-refractivity contribution in [3.63, 3.8) is 0 Å². The van der Waals surface area contributed by atoms with Crippen LogP contribution in [-0.2, 0) is 17.7 Å². The Bertz CT molecular complexity index is 408. The molecule has 1 N–H and O–H groups in total. The van der Waals surface area contributed by atoms with Gasteiger partial charge in [0.05, 0.1) is 0 Å². The molecule has 0 aromatic heterocycles.